The normalized spacial score (nSPS) is 35.8. The fourth-order valence-electron chi connectivity index (χ4n) is 42.7. The van der Waals surface area contributed by atoms with Crippen LogP contribution in [0.25, 0.3) is 89.5 Å². The van der Waals surface area contributed by atoms with Gasteiger partial charge in [-0.1, -0.05) is 175 Å². The molecule has 0 saturated heterocycles. The second kappa shape index (κ2) is 38.0. The predicted molar refractivity (Wildman–Crippen MR) is 600 cm³/mol. The summed E-state index contributed by atoms with van der Waals surface area (Å²) < 4.78 is 32.1. The van der Waals surface area contributed by atoms with Crippen molar-refractivity contribution >= 4 is 0 Å². The average Bonchev–Trinajstić information content (AvgIpc) is 0.677. The molecular formula is C140H156F2HfN2O4Zr-4. The molecule has 24 saturated carbocycles. The van der Waals surface area contributed by atoms with E-state index in [9.17, 15) is 20.4 Å². The first-order chi connectivity index (χ1) is 70.1. The second-order valence-corrected chi connectivity index (χ2v) is 55.8. The van der Waals surface area contributed by atoms with Crippen molar-refractivity contribution in [2.45, 2.75) is 305 Å². The summed E-state index contributed by atoms with van der Waals surface area (Å²) in [6.07, 6.45) is 45.6. The smallest absolute Gasteiger partial charge is 0.127 e. The summed E-state index contributed by atoms with van der Waals surface area (Å²) in [6.45, 7) is 21.9. The first-order valence-corrected chi connectivity index (χ1v) is 57.0. The molecule has 0 amide bonds. The van der Waals surface area contributed by atoms with Crippen LogP contribution in [0.2, 0.25) is 0 Å². The largest absolute Gasteiger partial charge is 0.507 e. The third kappa shape index (κ3) is 18.1. The molecule has 12 aromatic rings. The van der Waals surface area contributed by atoms with Gasteiger partial charge in [0, 0.05) is 130 Å². The van der Waals surface area contributed by atoms with E-state index in [1.807, 2.05) is 127 Å². The van der Waals surface area contributed by atoms with Crippen molar-refractivity contribution in [2.75, 3.05) is 0 Å². The first kappa shape index (κ1) is 104. The molecule has 24 aliphatic rings. The monoisotopic (exact) mass is 2240 g/mol. The van der Waals surface area contributed by atoms with E-state index in [0.29, 0.717) is 34.0 Å². The van der Waals surface area contributed by atoms with Gasteiger partial charge in [-0.2, -0.15) is 49.2 Å². The van der Waals surface area contributed by atoms with Crippen LogP contribution in [0.4, 0.5) is 8.78 Å². The number of nitrogens with zero attached hydrogens (tertiary/aromatic N) is 2. The van der Waals surface area contributed by atoms with E-state index in [-0.39, 0.29) is 155 Å². The average molecular weight is 2240 g/mol. The van der Waals surface area contributed by atoms with Gasteiger partial charge in [-0.25, -0.2) is 18.7 Å². The molecule has 10 heteroatoms. The zero-order chi connectivity index (χ0) is 99.4. The molecule has 0 spiro atoms. The maximum atomic E-state index is 16.1. The fraction of sp³-hybridized carbons (Fsp3) is 0.471. The van der Waals surface area contributed by atoms with E-state index in [2.05, 4.69) is 146 Å². The minimum absolute atomic E-state index is 0. The quantitative estimate of drug-likeness (QED) is 0.0638. The van der Waals surface area contributed by atoms with Crippen LogP contribution in [0.15, 0.2) is 243 Å². The number of rotatable bonds is 14. The summed E-state index contributed by atoms with van der Waals surface area (Å²) in [4.78, 5) is 10.9. The van der Waals surface area contributed by atoms with Gasteiger partial charge in [0.25, 0.3) is 0 Å². The van der Waals surface area contributed by atoms with Crippen LogP contribution in [-0.4, -0.2) is 30.4 Å². The van der Waals surface area contributed by atoms with Crippen molar-refractivity contribution in [3.05, 3.63) is 327 Å². The minimum atomic E-state index is -0.334. The van der Waals surface area contributed by atoms with Crippen LogP contribution in [-0.2, 0) is 84.5 Å². The van der Waals surface area contributed by atoms with Crippen LogP contribution < -0.4 is 0 Å². The van der Waals surface area contributed by atoms with Crippen molar-refractivity contribution in [1.82, 2.24) is 9.97 Å². The Morgan fingerprint density at radius 2 is 0.420 bits per heavy atom. The van der Waals surface area contributed by atoms with Crippen LogP contribution in [0.5, 0.6) is 23.0 Å². The van der Waals surface area contributed by atoms with Crippen molar-refractivity contribution in [3.63, 3.8) is 0 Å². The summed E-state index contributed by atoms with van der Waals surface area (Å²) in [5.41, 5.74) is 24.3. The van der Waals surface area contributed by atoms with E-state index in [4.69, 9.17) is 9.97 Å². The maximum Gasteiger partial charge on any atom is 0.127 e. The predicted octanol–water partition coefficient (Wildman–Crippen LogP) is 36.4. The van der Waals surface area contributed by atoms with E-state index < -0.39 is 0 Å². The molecule has 24 fully saturated rings. The zero-order valence-electron chi connectivity index (χ0n) is 90.3. The molecule has 0 unspecified atom stereocenters. The van der Waals surface area contributed by atoms with Crippen LogP contribution in [0.1, 0.15) is 317 Å². The van der Waals surface area contributed by atoms with Crippen molar-refractivity contribution in [1.29, 1.82) is 0 Å². The molecule has 6 nitrogen and oxygen atoms in total. The Bertz CT molecular complexity index is 6530. The van der Waals surface area contributed by atoms with Gasteiger partial charge in [-0.3, -0.25) is 0 Å². The van der Waals surface area contributed by atoms with Crippen molar-refractivity contribution in [2.24, 2.45) is 104 Å². The standard InChI is InChI=1S/C69H77NO2.C55H59F2NO2.2C7H7.2CH3.Hf.Zr/c71-64-58(24-52(66-28-40-12-41(29-66)14-42(13-40)30-66)26-60(64)68-34-46-18-47(35-68)20-48(19-46)36-68)54-6-1-3-8-56(54)62-10-5-11-63(70-62)57-9-4-2-7-55(57)59-25-53(67-31-43-15-44(32-67)17-45(16-43)33-67)27-61(65(59)72)69-37-49-21-50(38-69)23-51(22-49)39-69;1-48-22-49(2)24-50(3,23-48)30-54(28-48,29-49)42-20-34(56)18-40(46(42)59)36-12-7-9-14-38(36)44-16-11-17-45(58-44)39-15-10-8-13-37(39)41-19-35(57)21-43(47(41)60)55-31-51(4)25-52(5,32-55)27-53(6,26-51)33-55;2*1-7-5-3-2-4-6-7;;;;/h1-11,24-27,40-51,71-72H,12-23,28-39H2;7-21,59-60H,22-33H2,1-6H3;2*2-6H,1H2;2*1H3;;/q;;4*-1;;. The summed E-state index contributed by atoms with van der Waals surface area (Å²) >= 11 is 0. The minimum Gasteiger partial charge on any atom is -0.507 e. The number of aromatic nitrogens is 2. The Morgan fingerprint density at radius 1 is 0.227 bits per heavy atom. The SMILES string of the molecule is CC12CC3(C)CC(C)(C1)CC(c1cc(F)cc(-c4ccccc4-c4cccc(-c5ccccc5-c5cc(F)cc(C67CC8(C)CC(C)(CC(C)(C8)C6)C7)c5O)n4)c1O)(C2)C3.Oc1c(-c2ccccc2-c2cccc(-c3ccccc3-c3cc(C45CC6CC(CC(C6)C4)C5)cc(C45CC6CC(CC(C6)C4)C5)c3O)n2)cc(C23CC4CC(CC(C4)C2)C3)cc1C12CC3CC(CC(C3)C1)C2.[CH2-]c1ccccc1.[CH2-]c1ccccc1.[CH3-].[CH3-].[Hf].[Zr]. The Kier molecular flexibility index (Phi) is 26.3. The van der Waals surface area contributed by atoms with E-state index in [0.717, 1.165) is 199 Å². The number of phenolic OH excluding ortho intramolecular Hbond substituents is 4. The van der Waals surface area contributed by atoms with Gasteiger partial charge in [-0.05, 0) is 450 Å². The van der Waals surface area contributed by atoms with Crippen molar-refractivity contribution < 1.29 is 81.3 Å². The molecule has 24 aliphatic carbocycles. The summed E-state index contributed by atoms with van der Waals surface area (Å²) in [5, 5.41) is 51.0. The van der Waals surface area contributed by atoms with Crippen LogP contribution in [0.3, 0.4) is 0 Å². The Labute approximate surface area is 932 Å². The van der Waals surface area contributed by atoms with Gasteiger partial charge in [-0.15, -0.1) is 24.3 Å². The fourth-order valence-corrected chi connectivity index (χ4v) is 42.7. The first-order valence-electron chi connectivity index (χ1n) is 57.0. The van der Waals surface area contributed by atoms with Crippen LogP contribution in [0, 0.1) is 144 Å². The molecule has 4 N–H and O–H groups in total. The van der Waals surface area contributed by atoms with Gasteiger partial charge >= 0.3 is 0 Å². The molecular weight excluding hydrogens is 2080 g/mol. The molecule has 10 aromatic carbocycles. The van der Waals surface area contributed by atoms with Gasteiger partial charge in [0.1, 0.15) is 34.6 Å². The van der Waals surface area contributed by atoms with Gasteiger partial charge < -0.3 is 35.3 Å². The number of halogens is 2. The topological polar surface area (TPSA) is 107 Å². The third-order valence-electron chi connectivity index (χ3n) is 42.9. The van der Waals surface area contributed by atoms with Gasteiger partial charge in [0.2, 0.25) is 0 Å². The number of hydrogen-bond acceptors (Lipinski definition) is 6. The van der Waals surface area contributed by atoms with Crippen molar-refractivity contribution in [3.8, 4) is 113 Å². The number of pyridine rings is 2. The molecule has 0 aliphatic heterocycles. The molecule has 150 heavy (non-hydrogen) atoms. The van der Waals surface area contributed by atoms with Gasteiger partial charge in [0.15, 0.2) is 0 Å². The zero-order valence-corrected chi connectivity index (χ0v) is 96.4. The van der Waals surface area contributed by atoms with E-state index in [1.54, 1.807) is 23.3 Å². The molecule has 2 heterocycles. The molecule has 0 radical (unpaired) electrons. The van der Waals surface area contributed by atoms with E-state index in [1.165, 1.54) is 216 Å². The maximum absolute atomic E-state index is 16.1. The molecule has 36 rings (SSSR count). The molecule has 0 atom stereocenters. The molecule has 2 aromatic heterocycles. The summed E-state index contributed by atoms with van der Waals surface area (Å²) in [7, 11) is 0. The Balaban J connectivity index is 0.000000144. The molecule has 776 valence electrons. The summed E-state index contributed by atoms with van der Waals surface area (Å²) in [6, 6.07) is 82.3. The Hall–Kier alpha value is -8.95. The van der Waals surface area contributed by atoms with E-state index >= 15 is 8.78 Å². The number of benzene rings is 10. The number of phenols is 4. The number of aromatic hydroxyl groups is 4. The second-order valence-electron chi connectivity index (χ2n) is 55.8. The number of hydrogen-bond donors (Lipinski definition) is 4. The van der Waals surface area contributed by atoms with Crippen LogP contribution >= 0.6 is 0 Å². The summed E-state index contributed by atoms with van der Waals surface area (Å²) in [5.74, 6) is 10.9. The van der Waals surface area contributed by atoms with Gasteiger partial charge in [0.05, 0.1) is 22.8 Å². The third-order valence-corrected chi connectivity index (χ3v) is 42.9. The Morgan fingerprint density at radius 3 is 0.633 bits per heavy atom. The molecule has 24 bridgehead atoms.